The Bertz CT molecular complexity index is 818. The van der Waals surface area contributed by atoms with Crippen molar-refractivity contribution in [1.82, 2.24) is 9.62 Å². The molecule has 0 saturated heterocycles. The van der Waals surface area contributed by atoms with E-state index in [0.717, 1.165) is 0 Å². The van der Waals surface area contributed by atoms with Crippen molar-refractivity contribution < 1.29 is 0 Å². The Morgan fingerprint density at radius 1 is 0.588 bits per heavy atom. The number of hydrogen-bond donors (Lipinski definition) is 2. The molecule has 4 nitrogen and oxygen atoms in total. The van der Waals surface area contributed by atoms with Crippen LogP contribution in [0.1, 0.15) is 101 Å². The maximum atomic E-state index is 4.08. The molecule has 187 valence electrons. The van der Waals surface area contributed by atoms with E-state index in [1.54, 1.807) is 0 Å². The highest BCUT2D eigenvalue weighted by molar-refractivity contribution is 7.25. The van der Waals surface area contributed by atoms with Gasteiger partial charge < -0.3 is 20.1 Å². The van der Waals surface area contributed by atoms with E-state index in [2.05, 4.69) is 147 Å². The van der Waals surface area contributed by atoms with Crippen molar-refractivity contribution in [3.05, 3.63) is 58.7 Å². The fraction of sp³-hybridized carbons (Fsp3) is 0.571. The molecule has 0 fully saturated rings. The second-order valence-corrected chi connectivity index (χ2v) is 11.5. The minimum absolute atomic E-state index is 0.422. The summed E-state index contributed by atoms with van der Waals surface area (Å²) in [4.78, 5) is 4.47. The summed E-state index contributed by atoms with van der Waals surface area (Å²) >= 11 is 0. The summed E-state index contributed by atoms with van der Waals surface area (Å²) < 4.78 is 0. The maximum Gasteiger partial charge on any atom is 0.222 e. The predicted molar refractivity (Wildman–Crippen MR) is 155 cm³/mol. The zero-order chi connectivity index (χ0) is 25.8. The van der Waals surface area contributed by atoms with Crippen LogP contribution in [0, 0.1) is 0 Å². The fourth-order valence-electron chi connectivity index (χ4n) is 4.81. The molecule has 0 unspecified atom stereocenters. The van der Waals surface area contributed by atoms with Gasteiger partial charge in [0.2, 0.25) is 6.44 Å². The fourth-order valence-corrected chi connectivity index (χ4v) is 4.81. The highest BCUT2D eigenvalue weighted by Gasteiger charge is 2.33. The molecular formula is C28H48B2N4-. The average Bonchev–Trinajstić information content (AvgIpc) is 2.72. The second kappa shape index (κ2) is 11.7. The lowest BCUT2D eigenvalue weighted by atomic mass is 9.30. The van der Waals surface area contributed by atoms with Crippen molar-refractivity contribution >= 4 is 25.1 Å². The van der Waals surface area contributed by atoms with Crippen molar-refractivity contribution in [2.24, 2.45) is 0 Å². The molecule has 34 heavy (non-hydrogen) atoms. The lowest BCUT2D eigenvalue weighted by Crippen LogP contribution is -2.71. The molecule has 0 aliphatic heterocycles. The highest BCUT2D eigenvalue weighted by atomic mass is 15.2. The molecule has 1 radical (unpaired) electrons. The lowest BCUT2D eigenvalue weighted by molar-refractivity contribution is 0.619. The lowest BCUT2D eigenvalue weighted by Gasteiger charge is -2.53. The van der Waals surface area contributed by atoms with Gasteiger partial charge in [-0.05, 0) is 74.1 Å². The van der Waals surface area contributed by atoms with Crippen LogP contribution >= 0.6 is 0 Å². The average molecular weight is 462 g/mol. The van der Waals surface area contributed by atoms with E-state index in [1.165, 1.54) is 33.6 Å². The Labute approximate surface area is 211 Å². The molecule has 0 bridgehead atoms. The molecule has 6 heteroatoms. The first kappa shape index (κ1) is 28.3. The van der Waals surface area contributed by atoms with Crippen LogP contribution in [0.5, 0.6) is 0 Å². The van der Waals surface area contributed by atoms with Crippen molar-refractivity contribution in [3.63, 3.8) is 0 Å². The predicted octanol–water partition coefficient (Wildman–Crippen LogP) is 6.88. The smallest absolute Gasteiger partial charge is 0.222 e. The van der Waals surface area contributed by atoms with Crippen molar-refractivity contribution in [2.75, 3.05) is 38.6 Å². The van der Waals surface area contributed by atoms with Gasteiger partial charge in [-0.15, -0.1) is 0 Å². The summed E-state index contributed by atoms with van der Waals surface area (Å²) in [6, 6.07) is 13.5. The molecule has 0 aliphatic carbocycles. The van der Waals surface area contributed by atoms with E-state index in [0.29, 0.717) is 23.7 Å². The summed E-state index contributed by atoms with van der Waals surface area (Å²) in [6.45, 7) is 18.2. The molecular weight excluding hydrogens is 414 g/mol. The summed E-state index contributed by atoms with van der Waals surface area (Å²) in [5.74, 6) is 1.69. The SMILES string of the molecule is CC(C)c1cccc(C(C)C)c1N[B-]([B]N(C)C)(Nc1c(C(C)C)cccc1C(C)C)N(C)C. The van der Waals surface area contributed by atoms with E-state index >= 15 is 0 Å². The molecule has 0 saturated carbocycles. The van der Waals surface area contributed by atoms with Crippen LogP contribution in [-0.4, -0.2) is 51.6 Å². The number of hydrogen-bond acceptors (Lipinski definition) is 4. The minimum Gasteiger partial charge on any atom is -0.533 e. The molecule has 0 spiro atoms. The second-order valence-electron chi connectivity index (χ2n) is 11.5. The first-order valence-corrected chi connectivity index (χ1v) is 13.0. The molecule has 0 aliphatic rings. The van der Waals surface area contributed by atoms with Gasteiger partial charge in [0.15, 0.2) is 0 Å². The quantitative estimate of drug-likeness (QED) is 0.357. The van der Waals surface area contributed by atoms with Crippen LogP contribution in [0.4, 0.5) is 11.4 Å². The summed E-state index contributed by atoms with van der Waals surface area (Å²) in [5, 5.41) is 8.17. The van der Waals surface area contributed by atoms with E-state index in [-0.39, 0.29) is 0 Å². The van der Waals surface area contributed by atoms with Crippen molar-refractivity contribution in [3.8, 4) is 0 Å². The summed E-state index contributed by atoms with van der Waals surface area (Å²) in [5.41, 5.74) is 7.92. The number of benzene rings is 2. The van der Waals surface area contributed by atoms with Gasteiger partial charge in [0, 0.05) is 11.4 Å². The zero-order valence-corrected chi connectivity index (χ0v) is 23.8. The summed E-state index contributed by atoms with van der Waals surface area (Å²) in [6.07, 6.45) is -1.51. The minimum atomic E-state index is -1.51. The van der Waals surface area contributed by atoms with Gasteiger partial charge >= 0.3 is 0 Å². The standard InChI is InChI=1S/C28H48B2N4/c1-19(2)23-15-13-16-24(20(3)4)27(23)31-30(34(11)12,29-33(9)10)32-28-25(21(5)6)17-14-18-26(28)22(7)8/h13-22,31-32H,1-12H3/q-1. The number of nitrogens with one attached hydrogen (secondary N) is 2. The topological polar surface area (TPSA) is 30.5 Å². The number of anilines is 2. The largest absolute Gasteiger partial charge is 0.533 e. The van der Waals surface area contributed by atoms with Gasteiger partial charge in [-0.3, -0.25) is 0 Å². The molecule has 0 aromatic heterocycles. The van der Waals surface area contributed by atoms with Gasteiger partial charge in [-0.2, -0.15) is 0 Å². The zero-order valence-electron chi connectivity index (χ0n) is 23.8. The van der Waals surface area contributed by atoms with Crippen LogP contribution < -0.4 is 10.5 Å². The van der Waals surface area contributed by atoms with Crippen molar-refractivity contribution in [2.45, 2.75) is 79.1 Å². The number of nitrogens with zero attached hydrogens (tertiary/aromatic N) is 2. The Kier molecular flexibility index (Phi) is 9.73. The molecule has 0 heterocycles. The Morgan fingerprint density at radius 3 is 1.09 bits per heavy atom. The van der Waals surface area contributed by atoms with Gasteiger partial charge in [0.1, 0.15) is 0 Å². The van der Waals surface area contributed by atoms with E-state index in [9.17, 15) is 0 Å². The third-order valence-electron chi connectivity index (χ3n) is 6.80. The molecule has 2 N–H and O–H groups in total. The number of para-hydroxylation sites is 2. The number of rotatable bonds is 11. The monoisotopic (exact) mass is 462 g/mol. The van der Waals surface area contributed by atoms with Crippen LogP contribution in [0.3, 0.4) is 0 Å². The van der Waals surface area contributed by atoms with Crippen LogP contribution in [-0.2, 0) is 0 Å². The van der Waals surface area contributed by atoms with Gasteiger partial charge in [-0.25, -0.2) is 0 Å². The normalized spacial score (nSPS) is 12.5. The third-order valence-corrected chi connectivity index (χ3v) is 6.80. The van der Waals surface area contributed by atoms with Crippen LogP contribution in [0.2, 0.25) is 0 Å². The molecule has 0 atom stereocenters. The Balaban J connectivity index is 2.79. The Hall–Kier alpha value is -1.91. The molecule has 2 aromatic rings. The summed E-state index contributed by atoms with van der Waals surface area (Å²) in [7, 11) is 10.9. The molecule has 2 aromatic carbocycles. The van der Waals surface area contributed by atoms with Gasteiger partial charge in [0.25, 0.3) is 0 Å². The van der Waals surface area contributed by atoms with E-state index < -0.39 is 6.44 Å². The maximum absolute atomic E-state index is 4.08. The first-order chi connectivity index (χ1) is 15.8. The van der Waals surface area contributed by atoms with Gasteiger partial charge in [0.05, 0.1) is 7.31 Å². The van der Waals surface area contributed by atoms with Crippen LogP contribution in [0.15, 0.2) is 36.4 Å². The van der Waals surface area contributed by atoms with E-state index in [4.69, 9.17) is 0 Å². The highest BCUT2D eigenvalue weighted by Crippen LogP contribution is 2.37. The van der Waals surface area contributed by atoms with E-state index in [1.807, 2.05) is 0 Å². The Morgan fingerprint density at radius 2 is 0.882 bits per heavy atom. The van der Waals surface area contributed by atoms with Crippen LogP contribution in [0.25, 0.3) is 0 Å². The van der Waals surface area contributed by atoms with Gasteiger partial charge in [-0.1, -0.05) is 91.8 Å². The molecule has 2 rings (SSSR count). The van der Waals surface area contributed by atoms with Crippen molar-refractivity contribution in [1.29, 1.82) is 0 Å². The third kappa shape index (κ3) is 6.40. The first-order valence-electron chi connectivity index (χ1n) is 13.0. The molecule has 0 amide bonds.